The van der Waals surface area contributed by atoms with Gasteiger partial charge in [-0.3, -0.25) is 9.59 Å². The summed E-state index contributed by atoms with van der Waals surface area (Å²) in [5.41, 5.74) is 0.866. The first-order valence-electron chi connectivity index (χ1n) is 9.63. The van der Waals surface area contributed by atoms with E-state index >= 15 is 0 Å². The van der Waals surface area contributed by atoms with Crippen LogP contribution in [0.5, 0.6) is 5.75 Å². The Morgan fingerprint density at radius 1 is 1.35 bits per heavy atom. The Morgan fingerprint density at radius 2 is 2.08 bits per heavy atom. The molecule has 0 saturated carbocycles. The van der Waals surface area contributed by atoms with E-state index in [9.17, 15) is 9.59 Å². The second kappa shape index (κ2) is 8.56. The zero-order valence-electron chi connectivity index (χ0n) is 16.7. The molecule has 1 aromatic carbocycles. The zero-order valence-corrected chi connectivity index (χ0v) is 16.7. The van der Waals surface area contributed by atoms with Crippen molar-refractivity contribution in [3.05, 3.63) is 18.2 Å². The van der Waals surface area contributed by atoms with Crippen LogP contribution in [0, 0.1) is 11.3 Å². The third kappa shape index (κ3) is 4.99. The SMILES string of the molecule is CCCCC(=O)Nc1ccc2c(c1)N(CCC(C)C)C(=O)C(C)(C)CO2. The Hall–Kier alpha value is -2.04. The normalized spacial score (nSPS) is 16.1. The molecule has 0 saturated heterocycles. The fourth-order valence-electron chi connectivity index (χ4n) is 2.89. The predicted octanol–water partition coefficient (Wildman–Crippen LogP) is 4.61. The van der Waals surface area contributed by atoms with Crippen LogP contribution >= 0.6 is 0 Å². The van der Waals surface area contributed by atoms with Gasteiger partial charge in [-0.25, -0.2) is 0 Å². The van der Waals surface area contributed by atoms with Crippen molar-refractivity contribution >= 4 is 23.2 Å². The molecule has 2 amide bonds. The molecule has 2 rings (SSSR count). The minimum Gasteiger partial charge on any atom is -0.490 e. The molecule has 1 aromatic rings. The first kappa shape index (κ1) is 20.3. The van der Waals surface area contributed by atoms with Crippen molar-refractivity contribution in [3.63, 3.8) is 0 Å². The van der Waals surface area contributed by atoms with Gasteiger partial charge in [0.2, 0.25) is 11.8 Å². The molecular formula is C21H32N2O3. The van der Waals surface area contributed by atoms with Gasteiger partial charge in [0.15, 0.2) is 0 Å². The van der Waals surface area contributed by atoms with Crippen LogP contribution in [0.25, 0.3) is 0 Å². The van der Waals surface area contributed by atoms with E-state index in [2.05, 4.69) is 26.1 Å². The van der Waals surface area contributed by atoms with E-state index in [1.54, 1.807) is 0 Å². The Balaban J connectivity index is 2.30. The third-order valence-corrected chi connectivity index (χ3v) is 4.63. The van der Waals surface area contributed by atoms with Crippen molar-refractivity contribution < 1.29 is 14.3 Å². The number of hydrogen-bond donors (Lipinski definition) is 1. The number of rotatable bonds is 7. The number of benzene rings is 1. The number of unbranched alkanes of at least 4 members (excludes halogenated alkanes) is 1. The molecule has 0 unspecified atom stereocenters. The summed E-state index contributed by atoms with van der Waals surface area (Å²) in [6, 6.07) is 5.55. The van der Waals surface area contributed by atoms with Crippen LogP contribution in [0.2, 0.25) is 0 Å². The lowest BCUT2D eigenvalue weighted by molar-refractivity contribution is -0.127. The maximum Gasteiger partial charge on any atom is 0.236 e. The van der Waals surface area contributed by atoms with Crippen LogP contribution < -0.4 is 15.0 Å². The summed E-state index contributed by atoms with van der Waals surface area (Å²) < 4.78 is 5.92. The van der Waals surface area contributed by atoms with Crippen molar-refractivity contribution in [1.82, 2.24) is 0 Å². The molecule has 0 aliphatic carbocycles. The molecule has 0 radical (unpaired) electrons. The quantitative estimate of drug-likeness (QED) is 0.772. The molecule has 144 valence electrons. The van der Waals surface area contributed by atoms with Crippen molar-refractivity contribution in [2.45, 2.75) is 60.3 Å². The van der Waals surface area contributed by atoms with E-state index in [-0.39, 0.29) is 11.8 Å². The Kier molecular flexibility index (Phi) is 6.68. The van der Waals surface area contributed by atoms with Gasteiger partial charge in [-0.05, 0) is 50.8 Å². The lowest BCUT2D eigenvalue weighted by Crippen LogP contribution is -2.42. The lowest BCUT2D eigenvalue weighted by Gasteiger charge is -2.28. The van der Waals surface area contributed by atoms with Crippen LogP contribution in [0.4, 0.5) is 11.4 Å². The highest BCUT2D eigenvalue weighted by Gasteiger charge is 2.37. The first-order valence-corrected chi connectivity index (χ1v) is 9.63. The minimum absolute atomic E-state index is 0.00160. The molecule has 0 spiro atoms. The van der Waals surface area contributed by atoms with Crippen molar-refractivity contribution in [2.75, 3.05) is 23.4 Å². The monoisotopic (exact) mass is 360 g/mol. The van der Waals surface area contributed by atoms with Crippen molar-refractivity contribution in [1.29, 1.82) is 0 Å². The van der Waals surface area contributed by atoms with Gasteiger partial charge in [0.05, 0.1) is 11.1 Å². The standard InChI is InChI=1S/C21H32N2O3/c1-6-7-8-19(24)22-16-9-10-18-17(13-16)23(12-11-15(2)3)20(25)21(4,5)14-26-18/h9-10,13,15H,6-8,11-12,14H2,1-5H3,(H,22,24). The number of hydrogen-bond acceptors (Lipinski definition) is 3. The van der Waals surface area contributed by atoms with E-state index in [1.165, 1.54) is 0 Å². The number of amides is 2. The highest BCUT2D eigenvalue weighted by atomic mass is 16.5. The predicted molar refractivity (Wildman–Crippen MR) is 106 cm³/mol. The van der Waals surface area contributed by atoms with Gasteiger partial charge in [0.25, 0.3) is 0 Å². The zero-order chi connectivity index (χ0) is 19.3. The molecule has 1 aliphatic rings. The second-order valence-electron chi connectivity index (χ2n) is 8.15. The molecule has 0 bridgehead atoms. The Labute approximate surface area is 157 Å². The van der Waals surface area contributed by atoms with Gasteiger partial charge in [-0.15, -0.1) is 0 Å². The summed E-state index contributed by atoms with van der Waals surface area (Å²) >= 11 is 0. The number of ether oxygens (including phenoxy) is 1. The average Bonchev–Trinajstić information content (AvgIpc) is 2.67. The molecular weight excluding hydrogens is 328 g/mol. The molecule has 5 heteroatoms. The molecule has 5 nitrogen and oxygen atoms in total. The molecule has 1 heterocycles. The maximum atomic E-state index is 13.1. The number of carbonyl (C=O) groups excluding carboxylic acids is 2. The van der Waals surface area contributed by atoms with Gasteiger partial charge in [-0.1, -0.05) is 27.2 Å². The number of fused-ring (bicyclic) bond motifs is 1. The average molecular weight is 360 g/mol. The van der Waals surface area contributed by atoms with Gasteiger partial charge in [0, 0.05) is 18.7 Å². The molecule has 1 aliphatic heterocycles. The van der Waals surface area contributed by atoms with Crippen LogP contribution in [-0.4, -0.2) is 25.0 Å². The largest absolute Gasteiger partial charge is 0.490 e. The van der Waals surface area contributed by atoms with Crippen LogP contribution in [0.1, 0.15) is 60.3 Å². The Morgan fingerprint density at radius 3 is 2.73 bits per heavy atom. The van der Waals surface area contributed by atoms with Crippen molar-refractivity contribution in [3.8, 4) is 5.75 Å². The highest BCUT2D eigenvalue weighted by Crippen LogP contribution is 2.38. The fourth-order valence-corrected chi connectivity index (χ4v) is 2.89. The van der Waals surface area contributed by atoms with Gasteiger partial charge >= 0.3 is 0 Å². The molecule has 1 N–H and O–H groups in total. The van der Waals surface area contributed by atoms with Crippen LogP contribution in [0.3, 0.4) is 0 Å². The van der Waals surface area contributed by atoms with Crippen LogP contribution in [-0.2, 0) is 9.59 Å². The van der Waals surface area contributed by atoms with E-state index in [4.69, 9.17) is 4.74 Å². The van der Waals surface area contributed by atoms with Gasteiger partial charge in [-0.2, -0.15) is 0 Å². The topological polar surface area (TPSA) is 58.6 Å². The fraction of sp³-hybridized carbons (Fsp3) is 0.619. The summed E-state index contributed by atoms with van der Waals surface area (Å²) in [5.74, 6) is 1.25. The summed E-state index contributed by atoms with van der Waals surface area (Å²) in [5, 5.41) is 2.94. The van der Waals surface area contributed by atoms with Crippen LogP contribution in [0.15, 0.2) is 18.2 Å². The van der Waals surface area contributed by atoms with E-state index in [1.807, 2.05) is 36.9 Å². The maximum absolute atomic E-state index is 13.1. The summed E-state index contributed by atoms with van der Waals surface area (Å²) in [6.45, 7) is 11.2. The summed E-state index contributed by atoms with van der Waals surface area (Å²) in [6.07, 6.45) is 3.27. The Bertz CT molecular complexity index is 653. The minimum atomic E-state index is -0.583. The summed E-state index contributed by atoms with van der Waals surface area (Å²) in [4.78, 5) is 26.9. The highest BCUT2D eigenvalue weighted by molar-refractivity contribution is 6.00. The lowest BCUT2D eigenvalue weighted by atomic mass is 9.92. The molecule has 0 fully saturated rings. The number of nitrogens with zero attached hydrogens (tertiary/aromatic N) is 1. The smallest absolute Gasteiger partial charge is 0.236 e. The summed E-state index contributed by atoms with van der Waals surface area (Å²) in [7, 11) is 0. The number of carbonyl (C=O) groups is 2. The molecule has 0 atom stereocenters. The first-order chi connectivity index (χ1) is 12.2. The van der Waals surface area contributed by atoms with E-state index in [0.717, 1.165) is 24.9 Å². The third-order valence-electron chi connectivity index (χ3n) is 4.63. The molecule has 0 aromatic heterocycles. The van der Waals surface area contributed by atoms with Gasteiger partial charge < -0.3 is 15.0 Å². The number of anilines is 2. The second-order valence-corrected chi connectivity index (χ2v) is 8.15. The number of nitrogens with one attached hydrogen (secondary N) is 1. The van der Waals surface area contributed by atoms with E-state index in [0.29, 0.717) is 36.9 Å². The van der Waals surface area contributed by atoms with Crippen molar-refractivity contribution in [2.24, 2.45) is 11.3 Å². The van der Waals surface area contributed by atoms with Gasteiger partial charge in [0.1, 0.15) is 12.4 Å². The van der Waals surface area contributed by atoms with E-state index < -0.39 is 5.41 Å². The molecule has 26 heavy (non-hydrogen) atoms.